The van der Waals surface area contributed by atoms with Gasteiger partial charge >= 0.3 is 0 Å². The number of aliphatic hydroxyl groups is 1. The zero-order chi connectivity index (χ0) is 13.0. The first kappa shape index (κ1) is 13.1. The molecular formula is C14H12BrFO2. The van der Waals surface area contributed by atoms with Gasteiger partial charge in [-0.3, -0.25) is 0 Å². The molecule has 0 saturated carbocycles. The molecule has 2 aromatic carbocycles. The van der Waals surface area contributed by atoms with E-state index in [1.807, 2.05) is 24.3 Å². The van der Waals surface area contributed by atoms with Crippen LogP contribution < -0.4 is 4.74 Å². The van der Waals surface area contributed by atoms with E-state index in [4.69, 9.17) is 9.84 Å². The van der Waals surface area contributed by atoms with E-state index in [2.05, 4.69) is 15.9 Å². The van der Waals surface area contributed by atoms with Gasteiger partial charge in [-0.05, 0) is 23.8 Å². The van der Waals surface area contributed by atoms with Crippen LogP contribution in [0, 0.1) is 5.82 Å². The summed E-state index contributed by atoms with van der Waals surface area (Å²) in [4.78, 5) is 0. The predicted octanol–water partition coefficient (Wildman–Crippen LogP) is 3.66. The smallest absolute Gasteiger partial charge is 0.127 e. The van der Waals surface area contributed by atoms with E-state index in [1.54, 1.807) is 6.07 Å². The van der Waals surface area contributed by atoms with E-state index in [0.717, 1.165) is 10.0 Å². The Bertz CT molecular complexity index is 543. The van der Waals surface area contributed by atoms with Gasteiger partial charge in [-0.25, -0.2) is 4.39 Å². The molecule has 0 aliphatic rings. The Hall–Kier alpha value is -1.39. The molecule has 0 radical (unpaired) electrons. The molecule has 18 heavy (non-hydrogen) atoms. The molecule has 0 heterocycles. The van der Waals surface area contributed by atoms with E-state index < -0.39 is 5.82 Å². The van der Waals surface area contributed by atoms with Gasteiger partial charge < -0.3 is 9.84 Å². The van der Waals surface area contributed by atoms with Gasteiger partial charge in [0.1, 0.15) is 18.2 Å². The van der Waals surface area contributed by atoms with Crippen LogP contribution in [-0.2, 0) is 13.2 Å². The molecule has 2 rings (SSSR count). The Kier molecular flexibility index (Phi) is 4.33. The Morgan fingerprint density at radius 2 is 1.94 bits per heavy atom. The lowest BCUT2D eigenvalue weighted by atomic mass is 10.2. The second-order valence-corrected chi connectivity index (χ2v) is 4.69. The minimum absolute atomic E-state index is 0.205. The zero-order valence-electron chi connectivity index (χ0n) is 9.57. The third-order valence-electron chi connectivity index (χ3n) is 2.47. The topological polar surface area (TPSA) is 29.5 Å². The summed E-state index contributed by atoms with van der Waals surface area (Å²) in [5.74, 6) is -0.00141. The molecule has 0 atom stereocenters. The van der Waals surface area contributed by atoms with Gasteiger partial charge in [0.15, 0.2) is 0 Å². The highest BCUT2D eigenvalue weighted by molar-refractivity contribution is 9.10. The van der Waals surface area contributed by atoms with Gasteiger partial charge in [-0.1, -0.05) is 34.1 Å². The van der Waals surface area contributed by atoms with Crippen molar-refractivity contribution in [3.63, 3.8) is 0 Å². The third-order valence-corrected chi connectivity index (χ3v) is 3.24. The summed E-state index contributed by atoms with van der Waals surface area (Å²) < 4.78 is 19.7. The van der Waals surface area contributed by atoms with Crippen molar-refractivity contribution in [3.05, 3.63) is 63.9 Å². The predicted molar refractivity (Wildman–Crippen MR) is 70.8 cm³/mol. The van der Waals surface area contributed by atoms with Crippen LogP contribution in [0.15, 0.2) is 46.9 Å². The van der Waals surface area contributed by atoms with Crippen LogP contribution in [0.25, 0.3) is 0 Å². The average Bonchev–Trinajstić information content (AvgIpc) is 2.37. The average molecular weight is 311 g/mol. The molecule has 0 amide bonds. The fourth-order valence-electron chi connectivity index (χ4n) is 1.57. The van der Waals surface area contributed by atoms with Crippen LogP contribution in [0.4, 0.5) is 4.39 Å². The van der Waals surface area contributed by atoms with Crippen molar-refractivity contribution in [1.29, 1.82) is 0 Å². The number of rotatable bonds is 4. The summed E-state index contributed by atoms with van der Waals surface area (Å²) in [6, 6.07) is 11.9. The monoisotopic (exact) mass is 310 g/mol. The van der Waals surface area contributed by atoms with Gasteiger partial charge in [0.2, 0.25) is 0 Å². The normalized spacial score (nSPS) is 10.4. The van der Waals surface area contributed by atoms with Crippen LogP contribution in [-0.4, -0.2) is 5.11 Å². The Morgan fingerprint density at radius 1 is 1.17 bits per heavy atom. The van der Waals surface area contributed by atoms with Crippen LogP contribution in [0.1, 0.15) is 11.1 Å². The first-order valence-corrected chi connectivity index (χ1v) is 6.25. The van der Waals surface area contributed by atoms with E-state index in [-0.39, 0.29) is 6.61 Å². The maximum atomic E-state index is 13.2. The van der Waals surface area contributed by atoms with Crippen LogP contribution in [0.3, 0.4) is 0 Å². The molecule has 0 aliphatic heterocycles. The van der Waals surface area contributed by atoms with E-state index in [1.165, 1.54) is 12.1 Å². The molecule has 2 aromatic rings. The quantitative estimate of drug-likeness (QED) is 0.934. The molecule has 1 N–H and O–H groups in total. The fraction of sp³-hybridized carbons (Fsp3) is 0.143. The van der Waals surface area contributed by atoms with Crippen molar-refractivity contribution < 1.29 is 14.2 Å². The van der Waals surface area contributed by atoms with Crippen LogP contribution in [0.2, 0.25) is 0 Å². The molecule has 0 fully saturated rings. The lowest BCUT2D eigenvalue weighted by Gasteiger charge is -2.09. The highest BCUT2D eigenvalue weighted by Crippen LogP contribution is 2.21. The molecule has 0 saturated heterocycles. The number of halogens is 2. The summed E-state index contributed by atoms with van der Waals surface area (Å²) in [5, 5.41) is 8.99. The van der Waals surface area contributed by atoms with Crippen LogP contribution >= 0.6 is 15.9 Å². The molecule has 0 unspecified atom stereocenters. The zero-order valence-corrected chi connectivity index (χ0v) is 11.2. The Morgan fingerprint density at radius 3 is 2.67 bits per heavy atom. The second-order valence-electron chi connectivity index (χ2n) is 3.83. The first-order chi connectivity index (χ1) is 8.69. The maximum absolute atomic E-state index is 13.2. The largest absolute Gasteiger partial charge is 0.489 e. The van der Waals surface area contributed by atoms with Crippen LogP contribution in [0.5, 0.6) is 5.75 Å². The third kappa shape index (κ3) is 3.31. The Labute approximate surface area is 113 Å². The lowest BCUT2D eigenvalue weighted by Crippen LogP contribution is -1.97. The molecule has 0 aliphatic carbocycles. The molecule has 94 valence electrons. The minimum Gasteiger partial charge on any atom is -0.489 e. The summed E-state index contributed by atoms with van der Waals surface area (Å²) >= 11 is 3.42. The van der Waals surface area contributed by atoms with Crippen molar-refractivity contribution in [2.75, 3.05) is 0 Å². The molecule has 0 bridgehead atoms. The van der Waals surface area contributed by atoms with Gasteiger partial charge in [0.25, 0.3) is 0 Å². The SMILES string of the molecule is OCc1cc(F)cc(OCc2ccccc2Br)c1. The molecule has 0 aromatic heterocycles. The fourth-order valence-corrected chi connectivity index (χ4v) is 1.97. The molecular weight excluding hydrogens is 299 g/mol. The number of ether oxygens (including phenoxy) is 1. The number of hydrogen-bond acceptors (Lipinski definition) is 2. The molecule has 0 spiro atoms. The van der Waals surface area contributed by atoms with Gasteiger partial charge in [-0.2, -0.15) is 0 Å². The van der Waals surface area contributed by atoms with Crippen molar-refractivity contribution in [2.45, 2.75) is 13.2 Å². The van der Waals surface area contributed by atoms with Gasteiger partial charge in [-0.15, -0.1) is 0 Å². The number of aliphatic hydroxyl groups excluding tert-OH is 1. The van der Waals surface area contributed by atoms with E-state index in [0.29, 0.717) is 17.9 Å². The standard InChI is InChI=1S/C14H12BrFO2/c15-14-4-2-1-3-11(14)9-18-13-6-10(8-17)5-12(16)7-13/h1-7,17H,8-9H2. The number of hydrogen-bond donors (Lipinski definition) is 1. The Balaban J connectivity index is 2.11. The van der Waals surface area contributed by atoms with E-state index in [9.17, 15) is 4.39 Å². The van der Waals surface area contributed by atoms with Crippen molar-refractivity contribution in [2.24, 2.45) is 0 Å². The van der Waals surface area contributed by atoms with Crippen molar-refractivity contribution in [1.82, 2.24) is 0 Å². The van der Waals surface area contributed by atoms with E-state index >= 15 is 0 Å². The maximum Gasteiger partial charge on any atom is 0.127 e. The summed E-state index contributed by atoms with van der Waals surface area (Å²) in [5.41, 5.74) is 1.48. The van der Waals surface area contributed by atoms with Gasteiger partial charge in [0, 0.05) is 16.1 Å². The summed E-state index contributed by atoms with van der Waals surface area (Å²) in [6.45, 7) is 0.138. The molecule has 4 heteroatoms. The second kappa shape index (κ2) is 5.98. The molecule has 2 nitrogen and oxygen atoms in total. The summed E-state index contributed by atoms with van der Waals surface area (Å²) in [7, 11) is 0. The minimum atomic E-state index is -0.413. The number of benzene rings is 2. The van der Waals surface area contributed by atoms with Crippen molar-refractivity contribution >= 4 is 15.9 Å². The lowest BCUT2D eigenvalue weighted by molar-refractivity contribution is 0.276. The highest BCUT2D eigenvalue weighted by Gasteiger charge is 2.03. The first-order valence-electron chi connectivity index (χ1n) is 5.45. The van der Waals surface area contributed by atoms with Gasteiger partial charge in [0.05, 0.1) is 6.61 Å². The summed E-state index contributed by atoms with van der Waals surface area (Å²) in [6.07, 6.45) is 0. The highest BCUT2D eigenvalue weighted by atomic mass is 79.9. The van der Waals surface area contributed by atoms with Crippen molar-refractivity contribution in [3.8, 4) is 5.75 Å².